The summed E-state index contributed by atoms with van der Waals surface area (Å²) in [5.41, 5.74) is 2.93. The smallest absolute Gasteiger partial charge is 0.0841 e. The molecule has 0 saturated carbocycles. The van der Waals surface area contributed by atoms with Crippen LogP contribution in [0.25, 0.3) is 0 Å². The predicted octanol–water partition coefficient (Wildman–Crippen LogP) is 5.45. The van der Waals surface area contributed by atoms with Crippen LogP contribution in [-0.2, 0) is 6.42 Å². The van der Waals surface area contributed by atoms with Gasteiger partial charge in [-0.15, -0.1) is 0 Å². The van der Waals surface area contributed by atoms with Crippen molar-refractivity contribution in [1.82, 2.24) is 0 Å². The molecule has 0 spiro atoms. The first kappa shape index (κ1) is 15.0. The van der Waals surface area contributed by atoms with E-state index in [4.69, 9.17) is 11.6 Å². The first-order chi connectivity index (χ1) is 8.99. The topological polar surface area (TPSA) is 20.2 Å². The van der Waals surface area contributed by atoms with Crippen LogP contribution in [0.3, 0.4) is 0 Å². The van der Waals surface area contributed by atoms with Crippen molar-refractivity contribution in [2.24, 2.45) is 0 Å². The van der Waals surface area contributed by atoms with Gasteiger partial charge in [0.1, 0.15) is 0 Å². The maximum Gasteiger partial charge on any atom is 0.0841 e. The minimum Gasteiger partial charge on any atom is -0.388 e. The van der Waals surface area contributed by atoms with Gasteiger partial charge in [-0.1, -0.05) is 67.7 Å². The molecular weight excluding hydrogens is 391 g/mol. The zero-order chi connectivity index (χ0) is 14.0. The van der Waals surface area contributed by atoms with E-state index < -0.39 is 6.10 Å². The van der Waals surface area contributed by atoms with Gasteiger partial charge in [0.2, 0.25) is 0 Å². The number of aliphatic hydroxyl groups excluding tert-OH is 1. The van der Waals surface area contributed by atoms with Crippen LogP contribution >= 0.6 is 43.5 Å². The van der Waals surface area contributed by atoms with Crippen LogP contribution in [0.4, 0.5) is 0 Å². The lowest BCUT2D eigenvalue weighted by Gasteiger charge is -2.15. The lowest BCUT2D eigenvalue weighted by Crippen LogP contribution is -2.04. The number of aryl methyl sites for hydroxylation is 1. The molecule has 4 heteroatoms. The molecule has 0 saturated heterocycles. The van der Waals surface area contributed by atoms with Crippen LogP contribution in [-0.4, -0.2) is 5.11 Å². The number of rotatable bonds is 3. The van der Waals surface area contributed by atoms with Gasteiger partial charge in [-0.2, -0.15) is 0 Å². The number of halogens is 3. The van der Waals surface area contributed by atoms with Crippen molar-refractivity contribution >= 4 is 43.5 Å². The van der Waals surface area contributed by atoms with Gasteiger partial charge in [-0.3, -0.25) is 0 Å². The Morgan fingerprint density at radius 1 is 1.21 bits per heavy atom. The van der Waals surface area contributed by atoms with Crippen LogP contribution in [0.2, 0.25) is 5.02 Å². The van der Waals surface area contributed by atoms with Crippen molar-refractivity contribution in [3.63, 3.8) is 0 Å². The SMILES string of the molecule is Cc1cccc(C(O)Cc2ccc(Br)cc2Cl)c1Br. The minimum absolute atomic E-state index is 0.494. The van der Waals surface area contributed by atoms with Gasteiger partial charge >= 0.3 is 0 Å². The lowest BCUT2D eigenvalue weighted by molar-refractivity contribution is 0.177. The van der Waals surface area contributed by atoms with Gasteiger partial charge in [0, 0.05) is 20.4 Å². The molecule has 1 unspecified atom stereocenters. The molecule has 1 nitrogen and oxygen atoms in total. The summed E-state index contributed by atoms with van der Waals surface area (Å²) in [5, 5.41) is 11.0. The maximum absolute atomic E-state index is 10.4. The highest BCUT2D eigenvalue weighted by Gasteiger charge is 2.14. The van der Waals surface area contributed by atoms with E-state index in [9.17, 15) is 5.11 Å². The van der Waals surface area contributed by atoms with Gasteiger partial charge in [0.05, 0.1) is 6.10 Å². The van der Waals surface area contributed by atoms with Crippen LogP contribution in [0.15, 0.2) is 45.3 Å². The molecule has 2 aromatic carbocycles. The summed E-state index contributed by atoms with van der Waals surface area (Å²) in [6.45, 7) is 2.01. The fraction of sp³-hybridized carbons (Fsp3) is 0.200. The third kappa shape index (κ3) is 3.60. The van der Waals surface area contributed by atoms with Crippen LogP contribution in [0.5, 0.6) is 0 Å². The van der Waals surface area contributed by atoms with Crippen LogP contribution in [0, 0.1) is 6.92 Å². The summed E-state index contributed by atoms with van der Waals surface area (Å²) in [7, 11) is 0. The molecule has 0 aliphatic carbocycles. The first-order valence-corrected chi connectivity index (χ1v) is 7.82. The number of benzene rings is 2. The second-order valence-electron chi connectivity index (χ2n) is 4.43. The van der Waals surface area contributed by atoms with E-state index in [1.165, 1.54) is 0 Å². The van der Waals surface area contributed by atoms with E-state index in [1.807, 2.05) is 43.3 Å². The fourth-order valence-corrected chi connectivity index (χ4v) is 3.21. The Morgan fingerprint density at radius 3 is 2.63 bits per heavy atom. The van der Waals surface area contributed by atoms with Gasteiger partial charge in [-0.05, 0) is 35.7 Å². The van der Waals surface area contributed by atoms with E-state index in [1.54, 1.807) is 0 Å². The Bertz CT molecular complexity index is 599. The second kappa shape index (κ2) is 6.40. The standard InChI is InChI=1S/C15H13Br2ClO/c1-9-3-2-4-12(15(9)17)14(19)7-10-5-6-11(16)8-13(10)18/h2-6,8,14,19H,7H2,1H3. The Morgan fingerprint density at radius 2 is 1.95 bits per heavy atom. The van der Waals surface area contributed by atoms with Crippen molar-refractivity contribution < 1.29 is 5.11 Å². The van der Waals surface area contributed by atoms with E-state index in [2.05, 4.69) is 31.9 Å². The van der Waals surface area contributed by atoms with Gasteiger partial charge in [-0.25, -0.2) is 0 Å². The highest BCUT2D eigenvalue weighted by molar-refractivity contribution is 9.10. The van der Waals surface area contributed by atoms with Crippen molar-refractivity contribution in [3.05, 3.63) is 67.1 Å². The fourth-order valence-electron chi connectivity index (χ4n) is 1.93. The monoisotopic (exact) mass is 402 g/mol. The molecule has 1 N–H and O–H groups in total. The molecule has 2 rings (SSSR count). The number of aliphatic hydroxyl groups is 1. The molecule has 0 amide bonds. The normalized spacial score (nSPS) is 12.5. The summed E-state index contributed by atoms with van der Waals surface area (Å²) in [6.07, 6.45) is -0.0818. The van der Waals surface area contributed by atoms with Crippen molar-refractivity contribution in [3.8, 4) is 0 Å². The van der Waals surface area contributed by atoms with Gasteiger partial charge < -0.3 is 5.11 Å². The Balaban J connectivity index is 2.25. The molecule has 19 heavy (non-hydrogen) atoms. The Kier molecular flexibility index (Phi) is 5.07. The molecular formula is C15H13Br2ClO. The van der Waals surface area contributed by atoms with Crippen LogP contribution < -0.4 is 0 Å². The van der Waals surface area contributed by atoms with E-state index >= 15 is 0 Å². The van der Waals surface area contributed by atoms with Gasteiger partial charge in [0.15, 0.2) is 0 Å². The predicted molar refractivity (Wildman–Crippen MR) is 86.7 cm³/mol. The largest absolute Gasteiger partial charge is 0.388 e. The molecule has 0 fully saturated rings. The molecule has 0 aliphatic rings. The summed E-state index contributed by atoms with van der Waals surface area (Å²) in [6, 6.07) is 11.6. The summed E-state index contributed by atoms with van der Waals surface area (Å²) >= 11 is 13.1. The molecule has 1 atom stereocenters. The number of hydrogen-bond acceptors (Lipinski definition) is 1. The quantitative estimate of drug-likeness (QED) is 0.721. The van der Waals surface area contributed by atoms with Crippen LogP contribution in [0.1, 0.15) is 22.8 Å². The highest BCUT2D eigenvalue weighted by Crippen LogP contribution is 2.31. The summed E-state index contributed by atoms with van der Waals surface area (Å²) in [4.78, 5) is 0. The van der Waals surface area contributed by atoms with Crippen molar-refractivity contribution in [1.29, 1.82) is 0 Å². The summed E-state index contributed by atoms with van der Waals surface area (Å²) in [5.74, 6) is 0. The Hall–Kier alpha value is -0.350. The third-order valence-corrected chi connectivity index (χ3v) is 4.94. The first-order valence-electron chi connectivity index (χ1n) is 5.86. The third-order valence-electron chi connectivity index (χ3n) is 3.01. The number of hydrogen-bond donors (Lipinski definition) is 1. The van der Waals surface area contributed by atoms with E-state index in [-0.39, 0.29) is 0 Å². The molecule has 0 aliphatic heterocycles. The zero-order valence-electron chi connectivity index (χ0n) is 10.3. The molecule has 0 aromatic heterocycles. The van der Waals surface area contributed by atoms with Crippen molar-refractivity contribution in [2.75, 3.05) is 0 Å². The molecule has 2 aromatic rings. The van der Waals surface area contributed by atoms with Crippen molar-refractivity contribution in [2.45, 2.75) is 19.4 Å². The maximum atomic E-state index is 10.4. The zero-order valence-corrected chi connectivity index (χ0v) is 14.3. The van der Waals surface area contributed by atoms with E-state index in [0.717, 1.165) is 25.6 Å². The Labute approximate surface area is 134 Å². The summed E-state index contributed by atoms with van der Waals surface area (Å²) < 4.78 is 1.89. The lowest BCUT2D eigenvalue weighted by atomic mass is 10.00. The molecule has 0 radical (unpaired) electrons. The van der Waals surface area contributed by atoms with E-state index in [0.29, 0.717) is 11.4 Å². The average Bonchev–Trinajstić information content (AvgIpc) is 2.36. The molecule has 100 valence electrons. The second-order valence-corrected chi connectivity index (χ2v) is 6.55. The molecule has 0 heterocycles. The van der Waals surface area contributed by atoms with Gasteiger partial charge in [0.25, 0.3) is 0 Å². The average molecular weight is 405 g/mol. The molecule has 0 bridgehead atoms. The minimum atomic E-state index is -0.576. The highest BCUT2D eigenvalue weighted by atomic mass is 79.9.